The number of hydrogen-bond donors (Lipinski definition) is 1. The van der Waals surface area contributed by atoms with Gasteiger partial charge in [0.2, 0.25) is 5.91 Å². The van der Waals surface area contributed by atoms with Crippen LogP contribution in [0.1, 0.15) is 48.8 Å². The average molecular weight is 470 g/mol. The van der Waals surface area contributed by atoms with E-state index in [-0.39, 0.29) is 30.0 Å². The largest absolute Gasteiger partial charge is 0.365 e. The summed E-state index contributed by atoms with van der Waals surface area (Å²) in [6.07, 6.45) is 5.20. The summed E-state index contributed by atoms with van der Waals surface area (Å²) in [4.78, 5) is 17.7. The normalized spacial score (nSPS) is 22.1. The SMILES string of the molecule is Cl.O=C(NCCCN1CCC2(CC1)OCc1ccccc12)[C@H]1CCCN1Cc1ccccc1. The lowest BCUT2D eigenvalue weighted by Gasteiger charge is -2.39. The Kier molecular flexibility index (Phi) is 8.07. The van der Waals surface area contributed by atoms with Crippen LogP contribution in [-0.4, -0.2) is 54.5 Å². The molecule has 3 aliphatic heterocycles. The molecule has 2 saturated heterocycles. The first-order chi connectivity index (χ1) is 15.7. The Morgan fingerprint density at radius 1 is 1.03 bits per heavy atom. The number of nitrogens with zero attached hydrogens (tertiary/aromatic N) is 2. The highest BCUT2D eigenvalue weighted by Gasteiger charge is 2.42. The fourth-order valence-corrected chi connectivity index (χ4v) is 5.70. The van der Waals surface area contributed by atoms with E-state index < -0.39 is 0 Å². The Morgan fingerprint density at radius 2 is 1.79 bits per heavy atom. The van der Waals surface area contributed by atoms with Gasteiger partial charge >= 0.3 is 0 Å². The Hall–Kier alpha value is -1.92. The van der Waals surface area contributed by atoms with Crippen molar-refractivity contribution in [3.05, 3.63) is 71.3 Å². The molecule has 1 spiro atoms. The number of benzene rings is 2. The smallest absolute Gasteiger partial charge is 0.237 e. The second-order valence-electron chi connectivity index (χ2n) is 9.54. The van der Waals surface area contributed by atoms with Crippen molar-refractivity contribution in [2.45, 2.75) is 56.9 Å². The first-order valence-corrected chi connectivity index (χ1v) is 12.2. The molecule has 6 heteroatoms. The van der Waals surface area contributed by atoms with E-state index in [4.69, 9.17) is 4.74 Å². The van der Waals surface area contributed by atoms with Crippen molar-refractivity contribution in [2.24, 2.45) is 0 Å². The van der Waals surface area contributed by atoms with Gasteiger partial charge < -0.3 is 15.0 Å². The van der Waals surface area contributed by atoms with Gasteiger partial charge in [-0.15, -0.1) is 12.4 Å². The third-order valence-corrected chi connectivity index (χ3v) is 7.52. The van der Waals surface area contributed by atoms with Crippen LogP contribution in [0.25, 0.3) is 0 Å². The molecule has 0 aliphatic carbocycles. The third-order valence-electron chi connectivity index (χ3n) is 7.52. The predicted molar refractivity (Wildman–Crippen MR) is 133 cm³/mol. The Labute approximate surface area is 203 Å². The summed E-state index contributed by atoms with van der Waals surface area (Å²) in [7, 11) is 0. The maximum absolute atomic E-state index is 12.8. The number of amides is 1. The van der Waals surface area contributed by atoms with Crippen LogP contribution in [-0.2, 0) is 28.3 Å². The topological polar surface area (TPSA) is 44.8 Å². The fourth-order valence-electron chi connectivity index (χ4n) is 5.70. The van der Waals surface area contributed by atoms with E-state index in [1.165, 1.54) is 16.7 Å². The maximum atomic E-state index is 12.8. The summed E-state index contributed by atoms with van der Waals surface area (Å²) in [6.45, 7) is 6.55. The van der Waals surface area contributed by atoms with Gasteiger partial charge in [-0.2, -0.15) is 0 Å². The van der Waals surface area contributed by atoms with Gasteiger partial charge in [0.05, 0.1) is 18.2 Å². The molecule has 178 valence electrons. The standard InChI is InChI=1S/C27H35N3O2.ClH/c31-26(25-12-6-17-30(25)20-22-8-2-1-3-9-22)28-15-7-16-29-18-13-27(14-19-29)24-11-5-4-10-23(24)21-32-27;/h1-5,8-11,25H,6-7,12-21H2,(H,28,31);1H/t25-;/m1./s1. The molecule has 0 unspecified atom stereocenters. The van der Waals surface area contributed by atoms with Crippen LogP contribution in [0.15, 0.2) is 54.6 Å². The van der Waals surface area contributed by atoms with Crippen LogP contribution >= 0.6 is 12.4 Å². The molecule has 5 rings (SSSR count). The summed E-state index contributed by atoms with van der Waals surface area (Å²) in [5, 5.41) is 3.21. The van der Waals surface area contributed by atoms with Crippen LogP contribution in [0.5, 0.6) is 0 Å². The van der Waals surface area contributed by atoms with Crippen LogP contribution < -0.4 is 5.32 Å². The van der Waals surface area contributed by atoms with Crippen molar-refractivity contribution in [3.8, 4) is 0 Å². The van der Waals surface area contributed by atoms with Gasteiger partial charge in [0.1, 0.15) is 0 Å². The van der Waals surface area contributed by atoms with E-state index >= 15 is 0 Å². The zero-order valence-electron chi connectivity index (χ0n) is 19.4. The van der Waals surface area contributed by atoms with Crippen molar-refractivity contribution in [3.63, 3.8) is 0 Å². The number of carbonyl (C=O) groups excluding carboxylic acids is 1. The second-order valence-corrected chi connectivity index (χ2v) is 9.54. The molecule has 5 nitrogen and oxygen atoms in total. The second kappa shape index (κ2) is 11.0. The number of carbonyl (C=O) groups is 1. The van der Waals surface area contributed by atoms with E-state index in [1.807, 2.05) is 6.07 Å². The van der Waals surface area contributed by atoms with E-state index in [1.54, 1.807) is 0 Å². The highest BCUT2D eigenvalue weighted by Crippen LogP contribution is 2.43. The molecule has 2 aromatic rings. The molecular weight excluding hydrogens is 434 g/mol. The van der Waals surface area contributed by atoms with E-state index in [2.05, 4.69) is 63.6 Å². The molecule has 0 radical (unpaired) electrons. The van der Waals surface area contributed by atoms with E-state index in [0.29, 0.717) is 0 Å². The van der Waals surface area contributed by atoms with Gasteiger partial charge in [-0.25, -0.2) is 0 Å². The molecule has 1 atom stereocenters. The monoisotopic (exact) mass is 469 g/mol. The number of likely N-dealkylation sites (tertiary alicyclic amines) is 2. The Balaban J connectivity index is 0.00000259. The summed E-state index contributed by atoms with van der Waals surface area (Å²) in [5.41, 5.74) is 3.98. The lowest BCUT2D eigenvalue weighted by atomic mass is 9.84. The lowest BCUT2D eigenvalue weighted by Crippen LogP contribution is -2.45. The molecule has 2 fully saturated rings. The highest BCUT2D eigenvalue weighted by atomic mass is 35.5. The van der Waals surface area contributed by atoms with Crippen molar-refractivity contribution in [1.29, 1.82) is 0 Å². The minimum absolute atomic E-state index is 0. The first-order valence-electron chi connectivity index (χ1n) is 12.2. The third kappa shape index (κ3) is 5.43. The van der Waals surface area contributed by atoms with Crippen LogP contribution in [0.2, 0.25) is 0 Å². The quantitative estimate of drug-likeness (QED) is 0.620. The van der Waals surface area contributed by atoms with Gasteiger partial charge in [-0.05, 0) is 61.9 Å². The molecule has 0 aromatic heterocycles. The number of ether oxygens (including phenoxy) is 1. The van der Waals surface area contributed by atoms with Crippen LogP contribution in [0.4, 0.5) is 0 Å². The Bertz CT molecular complexity index is 915. The number of halogens is 1. The van der Waals surface area contributed by atoms with E-state index in [9.17, 15) is 4.79 Å². The molecule has 0 saturated carbocycles. The summed E-state index contributed by atoms with van der Waals surface area (Å²) in [5.74, 6) is 0.201. The maximum Gasteiger partial charge on any atom is 0.237 e. The zero-order chi connectivity index (χ0) is 21.8. The van der Waals surface area contributed by atoms with Gasteiger partial charge in [0.25, 0.3) is 0 Å². The molecule has 0 bridgehead atoms. The minimum atomic E-state index is -0.0635. The minimum Gasteiger partial charge on any atom is -0.365 e. The van der Waals surface area contributed by atoms with Gasteiger partial charge in [0.15, 0.2) is 0 Å². The van der Waals surface area contributed by atoms with Crippen molar-refractivity contribution in [2.75, 3.05) is 32.7 Å². The van der Waals surface area contributed by atoms with Gasteiger partial charge in [-0.3, -0.25) is 9.69 Å². The molecule has 2 aromatic carbocycles. The van der Waals surface area contributed by atoms with Crippen LogP contribution in [0.3, 0.4) is 0 Å². The summed E-state index contributed by atoms with van der Waals surface area (Å²) in [6, 6.07) is 19.2. The Morgan fingerprint density at radius 3 is 2.61 bits per heavy atom. The fraction of sp³-hybridized carbons (Fsp3) is 0.519. The molecule has 1 amide bonds. The molecule has 1 N–H and O–H groups in total. The van der Waals surface area contributed by atoms with Gasteiger partial charge in [0, 0.05) is 26.2 Å². The molecule has 3 aliphatic rings. The number of rotatable bonds is 7. The molecule has 33 heavy (non-hydrogen) atoms. The zero-order valence-corrected chi connectivity index (χ0v) is 20.2. The van der Waals surface area contributed by atoms with Crippen molar-refractivity contribution in [1.82, 2.24) is 15.1 Å². The van der Waals surface area contributed by atoms with Crippen LogP contribution in [0, 0.1) is 0 Å². The number of fused-ring (bicyclic) bond motifs is 2. The number of piperidine rings is 1. The predicted octanol–water partition coefficient (Wildman–Crippen LogP) is 4.10. The highest BCUT2D eigenvalue weighted by molar-refractivity contribution is 5.85. The number of hydrogen-bond acceptors (Lipinski definition) is 4. The molecule has 3 heterocycles. The van der Waals surface area contributed by atoms with Crippen molar-refractivity contribution < 1.29 is 9.53 Å². The van der Waals surface area contributed by atoms with Crippen molar-refractivity contribution >= 4 is 18.3 Å². The average Bonchev–Trinajstić information content (AvgIpc) is 3.44. The summed E-state index contributed by atoms with van der Waals surface area (Å²) >= 11 is 0. The number of nitrogens with one attached hydrogen (secondary N) is 1. The first kappa shape index (κ1) is 24.2. The van der Waals surface area contributed by atoms with E-state index in [0.717, 1.165) is 78.0 Å². The lowest BCUT2D eigenvalue weighted by molar-refractivity contribution is -0.125. The van der Waals surface area contributed by atoms with Gasteiger partial charge in [-0.1, -0.05) is 54.6 Å². The summed E-state index contributed by atoms with van der Waals surface area (Å²) < 4.78 is 6.28. The molecular formula is C27H36ClN3O2.